The molecule has 1 aromatic rings. The predicted octanol–water partition coefficient (Wildman–Crippen LogP) is 0.442. The Morgan fingerprint density at radius 3 is 2.94 bits per heavy atom. The Morgan fingerprint density at radius 2 is 2.33 bits per heavy atom. The molecule has 1 atom stereocenters. The molecule has 0 bridgehead atoms. The first-order valence-electron chi connectivity index (χ1n) is 6.14. The number of hydrogen-bond acceptors (Lipinski definition) is 3. The fraction of sp³-hybridized carbons (Fsp3) is 0.500. The van der Waals surface area contributed by atoms with Gasteiger partial charge in [-0.05, 0) is 37.9 Å². The third kappa shape index (κ3) is 3.33. The second kappa shape index (κ2) is 5.68. The van der Waals surface area contributed by atoms with Crippen LogP contribution in [0, 0.1) is 5.92 Å². The SMILES string of the molecule is NC(=O)c1cc(NC(=O)CCC2CCNC2)c[nH]1. The van der Waals surface area contributed by atoms with Gasteiger partial charge < -0.3 is 21.4 Å². The van der Waals surface area contributed by atoms with Gasteiger partial charge in [-0.25, -0.2) is 0 Å². The van der Waals surface area contributed by atoms with Gasteiger partial charge in [0.2, 0.25) is 5.91 Å². The lowest BCUT2D eigenvalue weighted by Crippen LogP contribution is -2.14. The van der Waals surface area contributed by atoms with Gasteiger partial charge in [-0.15, -0.1) is 0 Å². The largest absolute Gasteiger partial charge is 0.364 e. The first-order valence-corrected chi connectivity index (χ1v) is 6.14. The first kappa shape index (κ1) is 12.6. The Hall–Kier alpha value is -1.82. The smallest absolute Gasteiger partial charge is 0.265 e. The van der Waals surface area contributed by atoms with Gasteiger partial charge in [0.25, 0.3) is 5.91 Å². The molecule has 2 heterocycles. The van der Waals surface area contributed by atoms with Crippen molar-refractivity contribution in [3.05, 3.63) is 18.0 Å². The normalized spacial score (nSPS) is 18.8. The van der Waals surface area contributed by atoms with Crippen molar-refractivity contribution in [2.45, 2.75) is 19.3 Å². The molecule has 0 radical (unpaired) electrons. The van der Waals surface area contributed by atoms with Crippen LogP contribution in [0.5, 0.6) is 0 Å². The quantitative estimate of drug-likeness (QED) is 0.610. The van der Waals surface area contributed by atoms with Crippen molar-refractivity contribution >= 4 is 17.5 Å². The Bertz CT molecular complexity index is 435. The summed E-state index contributed by atoms with van der Waals surface area (Å²) < 4.78 is 0. The summed E-state index contributed by atoms with van der Waals surface area (Å²) >= 11 is 0. The molecule has 5 N–H and O–H groups in total. The van der Waals surface area contributed by atoms with Crippen molar-refractivity contribution in [3.8, 4) is 0 Å². The number of hydrogen-bond donors (Lipinski definition) is 4. The minimum atomic E-state index is -0.535. The van der Waals surface area contributed by atoms with Crippen LogP contribution in [0.4, 0.5) is 5.69 Å². The van der Waals surface area contributed by atoms with E-state index in [9.17, 15) is 9.59 Å². The molecular formula is C12H18N4O2. The lowest BCUT2D eigenvalue weighted by molar-refractivity contribution is -0.116. The zero-order valence-corrected chi connectivity index (χ0v) is 10.2. The zero-order valence-electron chi connectivity index (χ0n) is 10.2. The molecule has 1 aliphatic rings. The fourth-order valence-electron chi connectivity index (χ4n) is 2.13. The van der Waals surface area contributed by atoms with Crippen molar-refractivity contribution in [3.63, 3.8) is 0 Å². The fourth-order valence-corrected chi connectivity index (χ4v) is 2.13. The van der Waals surface area contributed by atoms with Gasteiger partial charge in [-0.1, -0.05) is 0 Å². The van der Waals surface area contributed by atoms with Crippen LogP contribution in [0.3, 0.4) is 0 Å². The number of rotatable bonds is 5. The van der Waals surface area contributed by atoms with E-state index in [0.29, 0.717) is 23.7 Å². The highest BCUT2D eigenvalue weighted by Crippen LogP contribution is 2.15. The molecule has 2 amide bonds. The van der Waals surface area contributed by atoms with E-state index in [1.807, 2.05) is 0 Å². The average Bonchev–Trinajstić information content (AvgIpc) is 2.96. The first-order chi connectivity index (χ1) is 8.65. The van der Waals surface area contributed by atoms with Gasteiger partial charge in [0.05, 0.1) is 5.69 Å². The van der Waals surface area contributed by atoms with Crippen LogP contribution in [0.1, 0.15) is 29.8 Å². The number of anilines is 1. The van der Waals surface area contributed by atoms with Gasteiger partial charge in [-0.3, -0.25) is 9.59 Å². The summed E-state index contributed by atoms with van der Waals surface area (Å²) in [5, 5.41) is 6.02. The van der Waals surface area contributed by atoms with Gasteiger partial charge in [0.15, 0.2) is 0 Å². The van der Waals surface area contributed by atoms with Gasteiger partial charge in [0.1, 0.15) is 5.69 Å². The second-order valence-electron chi connectivity index (χ2n) is 4.61. The second-order valence-corrected chi connectivity index (χ2v) is 4.61. The summed E-state index contributed by atoms with van der Waals surface area (Å²) in [5.41, 5.74) is 5.99. The average molecular weight is 250 g/mol. The molecule has 0 aromatic carbocycles. The molecule has 1 aromatic heterocycles. The van der Waals surface area contributed by atoms with Crippen molar-refractivity contribution < 1.29 is 9.59 Å². The molecule has 18 heavy (non-hydrogen) atoms. The highest BCUT2D eigenvalue weighted by atomic mass is 16.2. The van der Waals surface area contributed by atoms with Crippen molar-refractivity contribution in [1.82, 2.24) is 10.3 Å². The van der Waals surface area contributed by atoms with E-state index in [0.717, 1.165) is 25.9 Å². The molecular weight excluding hydrogens is 232 g/mol. The highest BCUT2D eigenvalue weighted by molar-refractivity contribution is 5.95. The molecule has 0 aliphatic carbocycles. The zero-order chi connectivity index (χ0) is 13.0. The summed E-state index contributed by atoms with van der Waals surface area (Å²) in [4.78, 5) is 25.3. The third-order valence-electron chi connectivity index (χ3n) is 3.17. The maximum Gasteiger partial charge on any atom is 0.265 e. The molecule has 2 rings (SSSR count). The molecule has 0 spiro atoms. The van der Waals surface area contributed by atoms with E-state index in [1.165, 1.54) is 6.07 Å². The molecule has 1 unspecified atom stereocenters. The maximum atomic E-state index is 11.7. The Kier molecular flexibility index (Phi) is 3.99. The van der Waals surface area contributed by atoms with Crippen molar-refractivity contribution in [2.75, 3.05) is 18.4 Å². The van der Waals surface area contributed by atoms with Gasteiger partial charge in [0, 0.05) is 12.6 Å². The molecule has 98 valence electrons. The lowest BCUT2D eigenvalue weighted by atomic mass is 10.0. The van der Waals surface area contributed by atoms with Crippen LogP contribution in [0.25, 0.3) is 0 Å². The summed E-state index contributed by atoms with van der Waals surface area (Å²) in [6.45, 7) is 2.05. The number of nitrogens with two attached hydrogens (primary N) is 1. The highest BCUT2D eigenvalue weighted by Gasteiger charge is 2.16. The summed E-state index contributed by atoms with van der Waals surface area (Å²) in [5.74, 6) is 0.0348. The monoisotopic (exact) mass is 250 g/mol. The van der Waals surface area contributed by atoms with Crippen LogP contribution in [-0.2, 0) is 4.79 Å². The maximum absolute atomic E-state index is 11.7. The molecule has 6 nitrogen and oxygen atoms in total. The number of primary amides is 1. The number of amides is 2. The van der Waals surface area contributed by atoms with Crippen LogP contribution >= 0.6 is 0 Å². The van der Waals surface area contributed by atoms with Gasteiger partial charge in [-0.2, -0.15) is 0 Å². The number of nitrogens with one attached hydrogen (secondary N) is 3. The Labute approximate surface area is 105 Å². The van der Waals surface area contributed by atoms with E-state index >= 15 is 0 Å². The van der Waals surface area contributed by atoms with E-state index in [1.54, 1.807) is 6.20 Å². The summed E-state index contributed by atoms with van der Waals surface area (Å²) in [7, 11) is 0. The number of H-pyrrole nitrogens is 1. The topological polar surface area (TPSA) is 100 Å². The standard InChI is InChI=1S/C12H18N4O2/c13-12(18)10-5-9(7-15-10)16-11(17)2-1-8-3-4-14-6-8/h5,7-8,14-15H,1-4,6H2,(H2,13,18)(H,16,17). The molecule has 1 aliphatic heterocycles. The van der Waals surface area contributed by atoms with Crippen LogP contribution < -0.4 is 16.4 Å². The minimum Gasteiger partial charge on any atom is -0.364 e. The number of aromatic amines is 1. The molecule has 0 saturated carbocycles. The number of carbonyl (C=O) groups excluding carboxylic acids is 2. The van der Waals surface area contributed by atoms with Crippen molar-refractivity contribution in [1.29, 1.82) is 0 Å². The minimum absolute atomic E-state index is 0.0306. The number of aromatic nitrogens is 1. The Morgan fingerprint density at radius 1 is 1.50 bits per heavy atom. The molecule has 1 saturated heterocycles. The number of carbonyl (C=O) groups is 2. The summed E-state index contributed by atoms with van der Waals surface area (Å²) in [6.07, 6.45) is 4.10. The van der Waals surface area contributed by atoms with Crippen LogP contribution in [0.2, 0.25) is 0 Å². The molecule has 1 fully saturated rings. The van der Waals surface area contributed by atoms with E-state index in [4.69, 9.17) is 5.73 Å². The lowest BCUT2D eigenvalue weighted by Gasteiger charge is -2.07. The summed E-state index contributed by atoms with van der Waals surface area (Å²) in [6, 6.07) is 1.54. The van der Waals surface area contributed by atoms with E-state index in [-0.39, 0.29) is 5.91 Å². The van der Waals surface area contributed by atoms with Gasteiger partial charge >= 0.3 is 0 Å². The van der Waals surface area contributed by atoms with E-state index in [2.05, 4.69) is 15.6 Å². The van der Waals surface area contributed by atoms with Crippen molar-refractivity contribution in [2.24, 2.45) is 11.7 Å². The third-order valence-corrected chi connectivity index (χ3v) is 3.17. The predicted molar refractivity (Wildman–Crippen MR) is 68.2 cm³/mol. The van der Waals surface area contributed by atoms with Crippen LogP contribution in [0.15, 0.2) is 12.3 Å². The van der Waals surface area contributed by atoms with Crippen LogP contribution in [-0.4, -0.2) is 29.9 Å². The van der Waals surface area contributed by atoms with E-state index < -0.39 is 5.91 Å². The molecule has 6 heteroatoms. The Balaban J connectivity index is 1.77.